The number of aromatic nitrogens is 3. The van der Waals surface area contributed by atoms with Gasteiger partial charge >= 0.3 is 18.3 Å². The predicted molar refractivity (Wildman–Crippen MR) is 307 cm³/mol. The molecule has 0 atom stereocenters. The maximum Gasteiger partial charge on any atom is 0.373 e. The fourth-order valence-electron chi connectivity index (χ4n) is 6.94. The highest BCUT2D eigenvalue weighted by Gasteiger charge is 2.13. The van der Waals surface area contributed by atoms with Crippen LogP contribution in [-0.4, -0.2) is 52.0 Å². The Labute approximate surface area is 478 Å². The first-order chi connectivity index (χ1) is 38.2. The van der Waals surface area contributed by atoms with Crippen LogP contribution in [0.3, 0.4) is 0 Å². The molecule has 6 aromatic carbocycles. The van der Waals surface area contributed by atoms with Gasteiger partial charge in [0.1, 0.15) is 40.1 Å². The molecule has 3 heterocycles. The summed E-state index contributed by atoms with van der Waals surface area (Å²) in [6, 6.07) is 39.9. The Bertz CT molecular complexity index is 3520. The van der Waals surface area contributed by atoms with Crippen LogP contribution in [0, 0.1) is 13.8 Å². The number of rotatable bonds is 18. The van der Waals surface area contributed by atoms with Crippen LogP contribution in [0.5, 0.6) is 23.0 Å². The van der Waals surface area contributed by atoms with Crippen LogP contribution in [0.4, 0.5) is 5.69 Å². The maximum atomic E-state index is 10.6. The molecule has 2 N–H and O–H groups in total. The van der Waals surface area contributed by atoms with Crippen molar-refractivity contribution in [1.82, 2.24) is 15.0 Å². The molecule has 0 unspecified atom stereocenters. The van der Waals surface area contributed by atoms with Crippen LogP contribution in [-0.2, 0) is 43.7 Å². The van der Waals surface area contributed by atoms with Crippen molar-refractivity contribution >= 4 is 93.6 Å². The van der Waals surface area contributed by atoms with E-state index in [0.29, 0.717) is 57.8 Å². The minimum Gasteiger partial charge on any atom is -0.493 e. The predicted octanol–water partition coefficient (Wildman–Crippen LogP) is 14.9. The zero-order valence-corrected chi connectivity index (χ0v) is 46.5. The van der Waals surface area contributed by atoms with E-state index in [2.05, 4.69) is 58.5 Å². The monoisotopic (exact) mass is 1160 g/mol. The molecule has 15 nitrogen and oxygen atoms in total. The number of nitrogens with zero attached hydrogens (tertiary/aromatic N) is 3. The van der Waals surface area contributed by atoms with Crippen LogP contribution in [0.1, 0.15) is 38.2 Å². The van der Waals surface area contributed by atoms with Gasteiger partial charge in [0.2, 0.25) is 5.89 Å². The number of carboxylic acids is 1. The summed E-state index contributed by atoms with van der Waals surface area (Å²) in [5, 5.41) is 20.0. The fourth-order valence-corrected chi connectivity index (χ4v) is 9.08. The van der Waals surface area contributed by atoms with Gasteiger partial charge in [0, 0.05) is 43.2 Å². The van der Waals surface area contributed by atoms with Gasteiger partial charge in [-0.1, -0.05) is 127 Å². The number of oxazole rings is 1. The second-order valence-electron chi connectivity index (χ2n) is 15.9. The number of anilines is 1. The molecule has 20 heteroatoms. The summed E-state index contributed by atoms with van der Waals surface area (Å²) in [5.74, 6) is 1.85. The molecule has 0 bridgehead atoms. The summed E-state index contributed by atoms with van der Waals surface area (Å²) >= 11 is 21.8. The summed E-state index contributed by atoms with van der Waals surface area (Å²) in [7, 11) is 1.62. The van der Waals surface area contributed by atoms with E-state index in [0.717, 1.165) is 65.5 Å². The van der Waals surface area contributed by atoms with Crippen LogP contribution in [0.15, 0.2) is 162 Å². The highest BCUT2D eigenvalue weighted by Crippen LogP contribution is 2.33. The minimum atomic E-state index is -1.03. The normalized spacial score (nSPS) is 9.90. The van der Waals surface area contributed by atoms with Gasteiger partial charge < -0.3 is 33.8 Å². The SMILES string of the molecule is C=Cc1ccc(NCc2nc(-c3ccccc3Cl)cs2)cc1C.C=Cc1ccc(OCc2nc(-c3ccccc3Cl)cs2)c(OC)c1.Cc1cc(OCc2nc(-c3ccccc3Cl)co2)ccc1OCC(=O)O.O=C=O.O=C=O. The quantitative estimate of drug-likeness (QED) is 0.0819. The molecule has 0 radical (unpaired) electrons. The number of nitrogens with one attached hydrogen (secondary N) is 1. The first-order valence-corrected chi connectivity index (χ1v) is 26.2. The standard InChI is InChI=1S/C19H17ClN2S.C19H16ClNO5.C19H16ClNO2S.2CO2/c1-3-14-8-9-15(10-13(14)2)21-11-19-22-18(12-23-19)16-6-4-5-7-17(16)20;1-12-8-13(6-7-17(12)25-11-19(22)23)24-10-18-21-16(9-26-18)14-4-2-3-5-15(14)20;1-3-13-8-9-17(18(10-13)22-2)23-11-19-21-16(12-24-19)14-6-4-5-7-15(14)20;2*2-1-3/h3-10,12,21H,1,11H2,2H3;2-9H,10-11H2,1H3,(H,22,23);3-10,12H,1,11H2,2H3;;. The van der Waals surface area contributed by atoms with E-state index in [9.17, 15) is 4.79 Å². The lowest BCUT2D eigenvalue weighted by Gasteiger charge is -2.10. The minimum absolute atomic E-state index is 0.152. The first-order valence-electron chi connectivity index (χ1n) is 23.3. The summed E-state index contributed by atoms with van der Waals surface area (Å²) < 4.78 is 27.5. The van der Waals surface area contributed by atoms with E-state index < -0.39 is 5.97 Å². The van der Waals surface area contributed by atoms with Gasteiger partial charge in [0.25, 0.3) is 0 Å². The van der Waals surface area contributed by atoms with Crippen LogP contribution in [0.2, 0.25) is 15.1 Å². The molecule has 9 aromatic rings. The zero-order valence-electron chi connectivity index (χ0n) is 42.6. The number of aryl methyl sites for hydroxylation is 2. The van der Waals surface area contributed by atoms with Gasteiger partial charge in [0.15, 0.2) is 24.7 Å². The number of thiazole rings is 2. The van der Waals surface area contributed by atoms with Gasteiger partial charge in [-0.05, 0) is 96.8 Å². The number of methoxy groups -OCH3 is 1. The lowest BCUT2D eigenvalue weighted by atomic mass is 10.1. The highest BCUT2D eigenvalue weighted by molar-refractivity contribution is 7.10. The van der Waals surface area contributed by atoms with E-state index in [-0.39, 0.29) is 25.5 Å². The molecule has 0 amide bonds. The van der Waals surface area contributed by atoms with Crippen molar-refractivity contribution in [3.05, 3.63) is 211 Å². The van der Waals surface area contributed by atoms with Gasteiger partial charge in [-0.2, -0.15) is 19.2 Å². The van der Waals surface area contributed by atoms with Crippen LogP contribution < -0.4 is 24.3 Å². The Balaban J connectivity index is 0.000000208. The topological polar surface area (TPSA) is 206 Å². The maximum absolute atomic E-state index is 10.6. The molecule has 0 aliphatic carbocycles. The number of aliphatic carboxylic acids is 1. The van der Waals surface area contributed by atoms with Crippen molar-refractivity contribution < 1.29 is 52.4 Å². The Morgan fingerprint density at radius 3 is 1.76 bits per heavy atom. The van der Waals surface area contributed by atoms with E-state index in [1.807, 2.05) is 109 Å². The van der Waals surface area contributed by atoms with Gasteiger partial charge in [-0.3, -0.25) is 0 Å². The third-order valence-corrected chi connectivity index (χ3v) is 13.3. The second-order valence-corrected chi connectivity index (χ2v) is 19.0. The zero-order chi connectivity index (χ0) is 57.1. The number of ether oxygens (including phenoxy) is 4. The fraction of sp³-hybridized carbons (Fsp3) is 0.119. The Hall–Kier alpha value is -8.63. The van der Waals surface area contributed by atoms with E-state index in [1.54, 1.807) is 60.1 Å². The highest BCUT2D eigenvalue weighted by atomic mass is 35.5. The first kappa shape index (κ1) is 61.2. The molecule has 3 aromatic heterocycles. The van der Waals surface area contributed by atoms with Crippen molar-refractivity contribution in [3.8, 4) is 56.8 Å². The molecule has 0 aliphatic heterocycles. The van der Waals surface area contributed by atoms with Crippen molar-refractivity contribution in [1.29, 1.82) is 0 Å². The lowest BCUT2D eigenvalue weighted by molar-refractivity contribution is -0.193. The molecule has 0 saturated carbocycles. The second kappa shape index (κ2) is 32.2. The van der Waals surface area contributed by atoms with E-state index in [1.165, 1.54) is 11.8 Å². The molecule has 0 aliphatic rings. The summed E-state index contributed by atoms with van der Waals surface area (Å²) in [4.78, 5) is 56.7. The van der Waals surface area contributed by atoms with Crippen LogP contribution >= 0.6 is 57.5 Å². The molecule has 0 fully saturated rings. The molecular weight excluding hydrogens is 1110 g/mol. The average molecular weight is 1160 g/mol. The molecule has 79 heavy (non-hydrogen) atoms. The molecule has 0 saturated heterocycles. The van der Waals surface area contributed by atoms with Gasteiger partial charge in [-0.25, -0.2) is 19.7 Å². The number of benzene rings is 6. The van der Waals surface area contributed by atoms with Crippen molar-refractivity contribution in [2.75, 3.05) is 19.0 Å². The van der Waals surface area contributed by atoms with Crippen LogP contribution in [0.25, 0.3) is 45.9 Å². The number of carbonyl (C=O) groups excluding carboxylic acids is 4. The lowest BCUT2D eigenvalue weighted by Crippen LogP contribution is -2.10. The number of halogens is 3. The number of hydrogen-bond acceptors (Lipinski definition) is 16. The third kappa shape index (κ3) is 19.1. The number of hydrogen-bond donors (Lipinski definition) is 2. The summed E-state index contributed by atoms with van der Waals surface area (Å²) in [5.41, 5.74) is 10.3. The Kier molecular flexibility index (Phi) is 24.9. The Morgan fingerprint density at radius 1 is 0.646 bits per heavy atom. The summed E-state index contributed by atoms with van der Waals surface area (Å²) in [6.07, 6.45) is 5.67. The molecular formula is C59H49Cl3N4O11S2. The van der Waals surface area contributed by atoms with E-state index >= 15 is 0 Å². The third-order valence-electron chi connectivity index (χ3n) is 10.7. The average Bonchev–Trinajstić information content (AvgIpc) is 4.25. The van der Waals surface area contributed by atoms with E-state index in [4.69, 9.17) is 82.5 Å². The van der Waals surface area contributed by atoms with Gasteiger partial charge in [-0.15, -0.1) is 22.7 Å². The van der Waals surface area contributed by atoms with Crippen molar-refractivity contribution in [2.45, 2.75) is 33.6 Å². The Morgan fingerprint density at radius 2 is 1.22 bits per heavy atom. The number of carboxylic acid groups (broad SMARTS) is 1. The number of carbonyl (C=O) groups is 1. The largest absolute Gasteiger partial charge is 0.493 e. The van der Waals surface area contributed by atoms with Gasteiger partial charge in [0.05, 0.1) is 30.1 Å². The van der Waals surface area contributed by atoms with Crippen molar-refractivity contribution in [2.24, 2.45) is 0 Å². The summed E-state index contributed by atoms with van der Waals surface area (Å²) in [6.45, 7) is 12.3. The van der Waals surface area contributed by atoms with Crippen molar-refractivity contribution in [3.63, 3.8) is 0 Å². The smallest absolute Gasteiger partial charge is 0.373 e. The molecule has 404 valence electrons. The molecule has 9 rings (SSSR count). The molecule has 0 spiro atoms.